The zero-order valence-electron chi connectivity index (χ0n) is 14.1. The molecule has 1 rings (SSSR count). The van der Waals surface area contributed by atoms with Crippen molar-refractivity contribution < 1.29 is 9.47 Å². The second-order valence-electron chi connectivity index (χ2n) is 6.03. The fourth-order valence-corrected chi connectivity index (χ4v) is 1.76. The molecule has 0 amide bonds. The minimum Gasteiger partial charge on any atom is -0.491 e. The van der Waals surface area contributed by atoms with Crippen LogP contribution in [0.15, 0.2) is 23.2 Å². The number of ether oxygens (including phenoxy) is 2. The molecule has 126 valence electrons. The van der Waals surface area contributed by atoms with Gasteiger partial charge in [-0.25, -0.2) is 4.99 Å². The van der Waals surface area contributed by atoms with Crippen LogP contribution in [0.25, 0.3) is 0 Å². The number of nitrogens with one attached hydrogen (secondary N) is 1. The Hall–Kier alpha value is -1.02. The topological polar surface area (TPSA) is 68.9 Å². The summed E-state index contributed by atoms with van der Waals surface area (Å²) >= 11 is 0. The molecule has 0 aromatic heterocycles. The van der Waals surface area contributed by atoms with Gasteiger partial charge in [-0.15, -0.1) is 24.0 Å². The van der Waals surface area contributed by atoms with E-state index in [0.29, 0.717) is 25.7 Å². The van der Waals surface area contributed by atoms with E-state index in [-0.39, 0.29) is 29.5 Å². The molecule has 6 heteroatoms. The van der Waals surface area contributed by atoms with Crippen molar-refractivity contribution in [3.63, 3.8) is 0 Å². The van der Waals surface area contributed by atoms with E-state index in [4.69, 9.17) is 15.2 Å². The Bertz CT molecular complexity index is 485. The number of rotatable bonds is 6. The van der Waals surface area contributed by atoms with Crippen molar-refractivity contribution >= 4 is 29.9 Å². The molecule has 1 aromatic carbocycles. The molecule has 0 heterocycles. The van der Waals surface area contributed by atoms with Crippen LogP contribution >= 0.6 is 24.0 Å². The lowest BCUT2D eigenvalue weighted by Gasteiger charge is -2.21. The number of benzene rings is 1. The SMILES string of the molecule is COCCOc1cc(C)ccc1CN=C(N)NC(C)(C)C.I. The predicted octanol–water partition coefficient (Wildman–Crippen LogP) is 2.84. The summed E-state index contributed by atoms with van der Waals surface area (Å²) < 4.78 is 10.7. The predicted molar refractivity (Wildman–Crippen MR) is 102 cm³/mol. The maximum atomic E-state index is 5.89. The maximum Gasteiger partial charge on any atom is 0.189 e. The second-order valence-corrected chi connectivity index (χ2v) is 6.03. The summed E-state index contributed by atoms with van der Waals surface area (Å²) in [5.74, 6) is 1.27. The zero-order valence-corrected chi connectivity index (χ0v) is 16.4. The van der Waals surface area contributed by atoms with Gasteiger partial charge in [0.25, 0.3) is 0 Å². The van der Waals surface area contributed by atoms with Crippen molar-refractivity contribution in [2.75, 3.05) is 20.3 Å². The van der Waals surface area contributed by atoms with E-state index in [1.54, 1.807) is 7.11 Å². The Morgan fingerprint density at radius 2 is 1.95 bits per heavy atom. The van der Waals surface area contributed by atoms with Crippen LogP contribution in [0.5, 0.6) is 5.75 Å². The van der Waals surface area contributed by atoms with Crippen molar-refractivity contribution in [3.8, 4) is 5.75 Å². The van der Waals surface area contributed by atoms with Crippen LogP contribution in [-0.4, -0.2) is 31.8 Å². The molecule has 22 heavy (non-hydrogen) atoms. The molecule has 0 aliphatic carbocycles. The van der Waals surface area contributed by atoms with E-state index in [0.717, 1.165) is 16.9 Å². The van der Waals surface area contributed by atoms with Gasteiger partial charge in [-0.2, -0.15) is 0 Å². The number of nitrogens with two attached hydrogens (primary N) is 1. The van der Waals surface area contributed by atoms with Crippen LogP contribution in [0.1, 0.15) is 31.9 Å². The van der Waals surface area contributed by atoms with Crippen molar-refractivity contribution in [3.05, 3.63) is 29.3 Å². The van der Waals surface area contributed by atoms with Crippen LogP contribution < -0.4 is 15.8 Å². The van der Waals surface area contributed by atoms with Gasteiger partial charge in [0.1, 0.15) is 12.4 Å². The van der Waals surface area contributed by atoms with E-state index >= 15 is 0 Å². The highest BCUT2D eigenvalue weighted by Gasteiger charge is 2.10. The molecule has 0 radical (unpaired) electrons. The average molecular weight is 421 g/mol. The van der Waals surface area contributed by atoms with Gasteiger partial charge in [0.2, 0.25) is 0 Å². The van der Waals surface area contributed by atoms with E-state index in [1.165, 1.54) is 0 Å². The molecule has 1 aromatic rings. The van der Waals surface area contributed by atoms with Crippen LogP contribution in [0, 0.1) is 6.92 Å². The number of aryl methyl sites for hydroxylation is 1. The molecule has 0 saturated heterocycles. The number of nitrogens with zero attached hydrogens (tertiary/aromatic N) is 1. The number of aliphatic imine (C=N–C) groups is 1. The summed E-state index contributed by atoms with van der Waals surface area (Å²) in [5, 5.41) is 3.14. The third kappa shape index (κ3) is 8.43. The van der Waals surface area contributed by atoms with E-state index in [1.807, 2.05) is 45.9 Å². The molecule has 0 spiro atoms. The minimum absolute atomic E-state index is 0. The second kappa shape index (κ2) is 9.89. The third-order valence-corrected chi connectivity index (χ3v) is 2.69. The molecule has 0 atom stereocenters. The summed E-state index contributed by atoms with van der Waals surface area (Å²) in [6.07, 6.45) is 0. The fraction of sp³-hybridized carbons (Fsp3) is 0.562. The average Bonchev–Trinajstić information content (AvgIpc) is 2.36. The molecule has 3 N–H and O–H groups in total. The monoisotopic (exact) mass is 421 g/mol. The maximum absolute atomic E-state index is 5.89. The summed E-state index contributed by atoms with van der Waals surface area (Å²) in [5.41, 5.74) is 7.95. The van der Waals surface area contributed by atoms with Gasteiger partial charge in [0, 0.05) is 18.2 Å². The third-order valence-electron chi connectivity index (χ3n) is 2.69. The summed E-state index contributed by atoms with van der Waals surface area (Å²) in [7, 11) is 1.66. The lowest BCUT2D eigenvalue weighted by molar-refractivity contribution is 0.146. The van der Waals surface area contributed by atoms with E-state index < -0.39 is 0 Å². The number of guanidine groups is 1. The number of halogens is 1. The van der Waals surface area contributed by atoms with E-state index in [9.17, 15) is 0 Å². The molecule has 0 bridgehead atoms. The van der Waals surface area contributed by atoms with Crippen LogP contribution in [0.2, 0.25) is 0 Å². The van der Waals surface area contributed by atoms with Gasteiger partial charge in [0.15, 0.2) is 5.96 Å². The summed E-state index contributed by atoms with van der Waals surface area (Å²) in [6.45, 7) is 9.72. The van der Waals surface area contributed by atoms with E-state index in [2.05, 4.69) is 10.3 Å². The normalized spacial score (nSPS) is 11.8. The summed E-state index contributed by atoms with van der Waals surface area (Å²) in [6, 6.07) is 6.07. The summed E-state index contributed by atoms with van der Waals surface area (Å²) in [4.78, 5) is 4.37. The molecule has 5 nitrogen and oxygen atoms in total. The van der Waals surface area contributed by atoms with Gasteiger partial charge >= 0.3 is 0 Å². The smallest absolute Gasteiger partial charge is 0.189 e. The Morgan fingerprint density at radius 1 is 1.27 bits per heavy atom. The zero-order chi connectivity index (χ0) is 15.9. The van der Waals surface area contributed by atoms with Gasteiger partial charge in [0.05, 0.1) is 13.2 Å². The van der Waals surface area contributed by atoms with Crippen LogP contribution in [0.3, 0.4) is 0 Å². The quantitative estimate of drug-likeness (QED) is 0.321. The molecule has 0 aliphatic rings. The number of hydrogen-bond donors (Lipinski definition) is 2. The highest BCUT2D eigenvalue weighted by Crippen LogP contribution is 2.21. The van der Waals surface area contributed by atoms with Gasteiger partial charge in [-0.1, -0.05) is 12.1 Å². The highest BCUT2D eigenvalue weighted by atomic mass is 127. The first-order chi connectivity index (χ1) is 9.81. The van der Waals surface area contributed by atoms with Crippen LogP contribution in [0.4, 0.5) is 0 Å². The first-order valence-electron chi connectivity index (χ1n) is 7.11. The van der Waals surface area contributed by atoms with Crippen molar-refractivity contribution in [2.45, 2.75) is 39.8 Å². The Morgan fingerprint density at radius 3 is 2.55 bits per heavy atom. The lowest BCUT2D eigenvalue weighted by atomic mass is 10.1. The molecule has 0 unspecified atom stereocenters. The van der Waals surface area contributed by atoms with Crippen LogP contribution in [-0.2, 0) is 11.3 Å². The largest absolute Gasteiger partial charge is 0.491 e. The van der Waals surface area contributed by atoms with Crippen molar-refractivity contribution in [2.24, 2.45) is 10.7 Å². The van der Waals surface area contributed by atoms with Crippen molar-refractivity contribution in [1.29, 1.82) is 0 Å². The first kappa shape index (κ1) is 21.0. The Balaban J connectivity index is 0.00000441. The van der Waals surface area contributed by atoms with Crippen molar-refractivity contribution in [1.82, 2.24) is 5.32 Å². The lowest BCUT2D eigenvalue weighted by Crippen LogP contribution is -2.44. The number of methoxy groups -OCH3 is 1. The Kier molecular flexibility index (Phi) is 9.43. The number of hydrogen-bond acceptors (Lipinski definition) is 3. The molecule has 0 fully saturated rings. The molecular weight excluding hydrogens is 393 g/mol. The Labute approximate surface area is 150 Å². The fourth-order valence-electron chi connectivity index (χ4n) is 1.76. The van der Waals surface area contributed by atoms with Gasteiger partial charge < -0.3 is 20.5 Å². The van der Waals surface area contributed by atoms with Gasteiger partial charge in [-0.05, 0) is 39.3 Å². The minimum atomic E-state index is -0.0986. The molecule has 0 saturated carbocycles. The molecular formula is C16H28IN3O2. The highest BCUT2D eigenvalue weighted by molar-refractivity contribution is 14.0. The molecule has 0 aliphatic heterocycles. The van der Waals surface area contributed by atoms with Gasteiger partial charge in [-0.3, -0.25) is 0 Å². The first-order valence-corrected chi connectivity index (χ1v) is 7.11. The standard InChI is InChI=1S/C16H27N3O2.HI/c1-12-6-7-13(14(10-12)21-9-8-20-5)11-18-15(17)19-16(2,3)4;/h6-7,10H,8-9,11H2,1-5H3,(H3,17,18,19);1H.